The third-order valence-corrected chi connectivity index (χ3v) is 5.03. The lowest BCUT2D eigenvalue weighted by Gasteiger charge is -2.18. The van der Waals surface area contributed by atoms with Crippen LogP contribution in [0.2, 0.25) is 0 Å². The highest BCUT2D eigenvalue weighted by Crippen LogP contribution is 2.26. The van der Waals surface area contributed by atoms with Gasteiger partial charge in [0.15, 0.2) is 0 Å². The standard InChI is InChI=1S/C13H15ClFNO4S/c1-8-11(5-9(15)6-12(8)21(14,18)19)13(17)16-4-3-10(7-16)20-2/h5-6,10H,3-4,7H2,1-2H3. The minimum atomic E-state index is -4.11. The Labute approximate surface area is 127 Å². The molecular weight excluding hydrogens is 321 g/mol. The predicted molar refractivity (Wildman–Crippen MR) is 75.5 cm³/mol. The van der Waals surface area contributed by atoms with Gasteiger partial charge in [0.05, 0.1) is 11.0 Å². The van der Waals surface area contributed by atoms with E-state index < -0.39 is 20.8 Å². The van der Waals surface area contributed by atoms with Crippen molar-refractivity contribution in [3.63, 3.8) is 0 Å². The van der Waals surface area contributed by atoms with Crippen LogP contribution in [0.5, 0.6) is 0 Å². The zero-order chi connectivity index (χ0) is 15.8. The average Bonchev–Trinajstić information content (AvgIpc) is 2.87. The molecule has 8 heteroatoms. The first-order chi connectivity index (χ1) is 9.74. The number of carbonyl (C=O) groups excluding carboxylic acids is 1. The van der Waals surface area contributed by atoms with Gasteiger partial charge in [0, 0.05) is 36.4 Å². The van der Waals surface area contributed by atoms with Gasteiger partial charge in [-0.05, 0) is 31.0 Å². The number of nitrogens with zero attached hydrogens (tertiary/aromatic N) is 1. The number of hydrogen-bond acceptors (Lipinski definition) is 4. The van der Waals surface area contributed by atoms with Crippen molar-refractivity contribution in [3.05, 3.63) is 29.1 Å². The van der Waals surface area contributed by atoms with Crippen molar-refractivity contribution in [2.24, 2.45) is 0 Å². The quantitative estimate of drug-likeness (QED) is 0.792. The minimum absolute atomic E-state index is 0.00554. The molecule has 1 heterocycles. The lowest BCUT2D eigenvalue weighted by molar-refractivity contribution is 0.0723. The molecule has 116 valence electrons. The molecule has 0 aliphatic carbocycles. The Morgan fingerprint density at radius 1 is 1.48 bits per heavy atom. The highest BCUT2D eigenvalue weighted by molar-refractivity contribution is 8.13. The topological polar surface area (TPSA) is 63.7 Å². The third kappa shape index (κ3) is 3.36. The Bertz CT molecular complexity index is 677. The van der Waals surface area contributed by atoms with Crippen molar-refractivity contribution in [3.8, 4) is 0 Å². The van der Waals surface area contributed by atoms with Crippen LogP contribution < -0.4 is 0 Å². The highest BCUT2D eigenvalue weighted by atomic mass is 35.7. The van der Waals surface area contributed by atoms with E-state index in [4.69, 9.17) is 15.4 Å². The second-order valence-corrected chi connectivity index (χ2v) is 7.45. The maximum atomic E-state index is 13.6. The van der Waals surface area contributed by atoms with Crippen LogP contribution >= 0.6 is 10.7 Å². The fourth-order valence-electron chi connectivity index (χ4n) is 2.40. The summed E-state index contributed by atoms with van der Waals surface area (Å²) in [6.45, 7) is 2.32. The summed E-state index contributed by atoms with van der Waals surface area (Å²) < 4.78 is 41.7. The lowest BCUT2D eigenvalue weighted by atomic mass is 10.1. The summed E-state index contributed by atoms with van der Waals surface area (Å²) in [6, 6.07) is 1.85. The van der Waals surface area contributed by atoms with E-state index in [2.05, 4.69) is 0 Å². The van der Waals surface area contributed by atoms with Crippen LogP contribution in [-0.4, -0.2) is 45.5 Å². The van der Waals surface area contributed by atoms with Crippen LogP contribution in [0.3, 0.4) is 0 Å². The Kier molecular flexibility index (Phi) is 4.55. The first-order valence-corrected chi connectivity index (χ1v) is 8.62. The van der Waals surface area contributed by atoms with Crippen LogP contribution in [0.4, 0.5) is 4.39 Å². The summed E-state index contributed by atoms with van der Waals surface area (Å²) in [5.74, 6) is -1.24. The Morgan fingerprint density at radius 2 is 2.14 bits per heavy atom. The molecule has 0 saturated carbocycles. The zero-order valence-corrected chi connectivity index (χ0v) is 13.2. The van der Waals surface area contributed by atoms with Crippen molar-refractivity contribution in [2.45, 2.75) is 24.3 Å². The molecule has 1 unspecified atom stereocenters. The largest absolute Gasteiger partial charge is 0.380 e. The lowest BCUT2D eigenvalue weighted by Crippen LogP contribution is -2.30. The van der Waals surface area contributed by atoms with Crippen LogP contribution in [0.1, 0.15) is 22.3 Å². The first kappa shape index (κ1) is 16.2. The number of carbonyl (C=O) groups is 1. The van der Waals surface area contributed by atoms with Crippen LogP contribution in [0, 0.1) is 12.7 Å². The molecule has 0 spiro atoms. The minimum Gasteiger partial charge on any atom is -0.380 e. The summed E-state index contributed by atoms with van der Waals surface area (Å²) in [4.78, 5) is 13.6. The van der Waals surface area contributed by atoms with E-state index in [0.717, 1.165) is 12.1 Å². The summed E-state index contributed by atoms with van der Waals surface area (Å²) in [7, 11) is 2.72. The smallest absolute Gasteiger partial charge is 0.261 e. The van der Waals surface area contributed by atoms with Gasteiger partial charge in [0.25, 0.3) is 15.0 Å². The zero-order valence-electron chi connectivity index (χ0n) is 11.6. The van der Waals surface area contributed by atoms with Crippen molar-refractivity contribution in [1.29, 1.82) is 0 Å². The van der Waals surface area contributed by atoms with E-state index in [-0.39, 0.29) is 22.1 Å². The number of rotatable bonds is 3. The van der Waals surface area contributed by atoms with Crippen molar-refractivity contribution < 1.29 is 22.3 Å². The van der Waals surface area contributed by atoms with Gasteiger partial charge >= 0.3 is 0 Å². The van der Waals surface area contributed by atoms with Gasteiger partial charge in [-0.1, -0.05) is 0 Å². The number of halogens is 2. The van der Waals surface area contributed by atoms with Crippen LogP contribution in [0.15, 0.2) is 17.0 Å². The molecule has 0 aromatic heterocycles. The maximum absolute atomic E-state index is 13.6. The normalized spacial score (nSPS) is 19.0. The molecule has 0 bridgehead atoms. The van der Waals surface area contributed by atoms with E-state index in [1.54, 1.807) is 7.11 Å². The Morgan fingerprint density at radius 3 is 2.67 bits per heavy atom. The molecule has 1 amide bonds. The summed E-state index contributed by atoms with van der Waals surface area (Å²) in [5, 5.41) is 0. The molecule has 1 aliphatic heterocycles. The second-order valence-electron chi connectivity index (χ2n) is 4.91. The molecular formula is C13H15ClFNO4S. The van der Waals surface area contributed by atoms with E-state index in [0.29, 0.717) is 19.5 Å². The van der Waals surface area contributed by atoms with Crippen LogP contribution in [-0.2, 0) is 13.8 Å². The SMILES string of the molecule is COC1CCN(C(=O)c2cc(F)cc(S(=O)(=O)Cl)c2C)C1. The molecule has 2 rings (SSSR count). The third-order valence-electron chi connectivity index (χ3n) is 3.58. The molecule has 1 atom stereocenters. The molecule has 21 heavy (non-hydrogen) atoms. The van der Waals surface area contributed by atoms with Gasteiger partial charge in [0.2, 0.25) is 0 Å². The van der Waals surface area contributed by atoms with Crippen molar-refractivity contribution in [2.75, 3.05) is 20.2 Å². The van der Waals surface area contributed by atoms with E-state index >= 15 is 0 Å². The summed E-state index contributed by atoms with van der Waals surface area (Å²) in [5.41, 5.74) is 0.156. The van der Waals surface area contributed by atoms with E-state index in [1.165, 1.54) is 11.8 Å². The van der Waals surface area contributed by atoms with Gasteiger partial charge in [0.1, 0.15) is 5.82 Å². The number of benzene rings is 1. The highest BCUT2D eigenvalue weighted by Gasteiger charge is 2.29. The van der Waals surface area contributed by atoms with Gasteiger partial charge < -0.3 is 9.64 Å². The molecule has 1 aliphatic rings. The van der Waals surface area contributed by atoms with E-state index in [9.17, 15) is 17.6 Å². The molecule has 0 N–H and O–H groups in total. The number of amides is 1. The molecule has 5 nitrogen and oxygen atoms in total. The van der Waals surface area contributed by atoms with Gasteiger partial charge in [-0.15, -0.1) is 0 Å². The molecule has 1 fully saturated rings. The predicted octanol–water partition coefficient (Wildman–Crippen LogP) is 1.92. The number of ether oxygens (including phenoxy) is 1. The number of methoxy groups -OCH3 is 1. The average molecular weight is 336 g/mol. The fraction of sp³-hybridized carbons (Fsp3) is 0.462. The van der Waals surface area contributed by atoms with Crippen LogP contribution in [0.25, 0.3) is 0 Å². The number of likely N-dealkylation sites (tertiary alicyclic amines) is 1. The number of hydrogen-bond donors (Lipinski definition) is 0. The van der Waals surface area contributed by atoms with Crippen molar-refractivity contribution in [1.82, 2.24) is 4.90 Å². The van der Waals surface area contributed by atoms with Gasteiger partial charge in [-0.2, -0.15) is 0 Å². The molecule has 0 radical (unpaired) electrons. The van der Waals surface area contributed by atoms with Gasteiger partial charge in [-0.25, -0.2) is 12.8 Å². The van der Waals surface area contributed by atoms with E-state index in [1.807, 2.05) is 0 Å². The van der Waals surface area contributed by atoms with Crippen molar-refractivity contribution >= 4 is 25.6 Å². The Balaban J connectivity index is 2.41. The monoisotopic (exact) mass is 335 g/mol. The van der Waals surface area contributed by atoms with Gasteiger partial charge in [-0.3, -0.25) is 4.79 Å². The summed E-state index contributed by atoms with van der Waals surface area (Å²) >= 11 is 0. The maximum Gasteiger partial charge on any atom is 0.261 e. The fourth-order valence-corrected chi connectivity index (χ4v) is 3.61. The molecule has 1 aromatic carbocycles. The molecule has 1 aromatic rings. The second kappa shape index (κ2) is 5.90. The Hall–Kier alpha value is -1.18. The molecule has 1 saturated heterocycles. The summed E-state index contributed by atoms with van der Waals surface area (Å²) in [6.07, 6.45) is 0.635. The first-order valence-electron chi connectivity index (χ1n) is 6.31.